The normalized spacial score (nSPS) is 11.0. The van der Waals surface area contributed by atoms with E-state index in [2.05, 4.69) is 20.5 Å². The molecule has 26 heavy (non-hydrogen) atoms. The first-order chi connectivity index (χ1) is 12.7. The number of halogens is 1. The largest absolute Gasteiger partial charge is 0.411 e. The molecule has 0 fully saturated rings. The first kappa shape index (κ1) is 16.3. The quantitative estimate of drug-likeness (QED) is 0.519. The lowest BCUT2D eigenvalue weighted by Crippen LogP contribution is -2.14. The molecule has 8 heteroatoms. The third-order valence-electron chi connectivity index (χ3n) is 3.66. The van der Waals surface area contributed by atoms with E-state index in [0.717, 1.165) is 28.2 Å². The molecule has 0 aliphatic carbocycles. The van der Waals surface area contributed by atoms with E-state index in [-0.39, 0.29) is 11.7 Å². The smallest absolute Gasteiger partial charge is 0.277 e. The van der Waals surface area contributed by atoms with Gasteiger partial charge in [0, 0.05) is 22.8 Å². The number of aromatic amines is 1. The van der Waals surface area contributed by atoms with Crippen LogP contribution in [-0.2, 0) is 4.79 Å². The summed E-state index contributed by atoms with van der Waals surface area (Å²) in [5.41, 5.74) is 2.19. The van der Waals surface area contributed by atoms with Gasteiger partial charge in [0.15, 0.2) is 0 Å². The lowest BCUT2D eigenvalue weighted by Gasteiger charge is -2.03. The molecule has 4 aromatic rings. The number of hydrogen-bond acceptors (Lipinski definition) is 5. The molecule has 2 heterocycles. The molecule has 0 aliphatic rings. The Bertz CT molecular complexity index is 1080. The van der Waals surface area contributed by atoms with Gasteiger partial charge in [0.2, 0.25) is 5.91 Å². The third-order valence-corrected chi connectivity index (χ3v) is 4.48. The summed E-state index contributed by atoms with van der Waals surface area (Å²) >= 11 is 1.12. The van der Waals surface area contributed by atoms with Crippen LogP contribution in [0.2, 0.25) is 0 Å². The Labute approximate surface area is 151 Å². The molecule has 0 spiro atoms. The van der Waals surface area contributed by atoms with E-state index < -0.39 is 5.82 Å². The van der Waals surface area contributed by atoms with Crippen LogP contribution in [0.4, 0.5) is 10.1 Å². The fourth-order valence-electron chi connectivity index (χ4n) is 2.52. The molecule has 2 aromatic heterocycles. The molecule has 0 aliphatic heterocycles. The average Bonchev–Trinajstić information content (AvgIpc) is 3.26. The standard InChI is InChI=1S/C18H13FN4O2S/c19-11-4-3-5-12(8-11)21-16(24)10-26-18-23-22-17(25-18)14-9-20-15-7-2-1-6-13(14)15/h1-9,20H,10H2,(H,21,24). The Hall–Kier alpha value is -3.13. The molecule has 0 radical (unpaired) electrons. The van der Waals surface area contributed by atoms with Crippen LogP contribution in [0.15, 0.2) is 64.4 Å². The summed E-state index contributed by atoms with van der Waals surface area (Å²) in [4.78, 5) is 15.1. The molecule has 0 atom stereocenters. The fourth-order valence-corrected chi connectivity index (χ4v) is 3.08. The van der Waals surface area contributed by atoms with Crippen molar-refractivity contribution in [3.63, 3.8) is 0 Å². The molecule has 130 valence electrons. The second-order valence-electron chi connectivity index (χ2n) is 5.47. The van der Waals surface area contributed by atoms with Gasteiger partial charge in [-0.15, -0.1) is 10.2 Å². The van der Waals surface area contributed by atoms with Crippen molar-refractivity contribution in [1.82, 2.24) is 15.2 Å². The molecule has 2 N–H and O–H groups in total. The van der Waals surface area contributed by atoms with E-state index in [9.17, 15) is 9.18 Å². The number of rotatable bonds is 5. The van der Waals surface area contributed by atoms with E-state index in [1.165, 1.54) is 18.2 Å². The Balaban J connectivity index is 1.41. The van der Waals surface area contributed by atoms with Gasteiger partial charge in [0.1, 0.15) is 5.82 Å². The molecule has 2 aromatic carbocycles. The summed E-state index contributed by atoms with van der Waals surface area (Å²) in [7, 11) is 0. The van der Waals surface area contributed by atoms with Gasteiger partial charge in [0.05, 0.1) is 11.3 Å². The van der Waals surface area contributed by atoms with Crippen LogP contribution in [0.5, 0.6) is 0 Å². The van der Waals surface area contributed by atoms with Gasteiger partial charge in [-0.3, -0.25) is 4.79 Å². The Morgan fingerprint density at radius 2 is 2.08 bits per heavy atom. The van der Waals surface area contributed by atoms with Gasteiger partial charge in [0.25, 0.3) is 11.1 Å². The van der Waals surface area contributed by atoms with E-state index in [1.807, 2.05) is 30.5 Å². The van der Waals surface area contributed by atoms with Gasteiger partial charge in [-0.25, -0.2) is 4.39 Å². The van der Waals surface area contributed by atoms with E-state index >= 15 is 0 Å². The van der Waals surface area contributed by atoms with Crippen molar-refractivity contribution in [2.75, 3.05) is 11.1 Å². The molecule has 0 saturated heterocycles. The maximum absolute atomic E-state index is 13.1. The van der Waals surface area contributed by atoms with Gasteiger partial charge >= 0.3 is 0 Å². The molecular weight excluding hydrogens is 355 g/mol. The highest BCUT2D eigenvalue weighted by Crippen LogP contribution is 2.29. The fraction of sp³-hybridized carbons (Fsp3) is 0.0556. The maximum Gasteiger partial charge on any atom is 0.277 e. The minimum atomic E-state index is -0.407. The number of aromatic nitrogens is 3. The SMILES string of the molecule is O=C(CSc1nnc(-c2c[nH]c3ccccc23)o1)Nc1cccc(F)c1. The molecule has 0 saturated carbocycles. The number of para-hydroxylation sites is 1. The zero-order chi connectivity index (χ0) is 17.9. The molecule has 0 unspecified atom stereocenters. The van der Waals surface area contributed by atoms with Crippen LogP contribution in [0.25, 0.3) is 22.4 Å². The summed E-state index contributed by atoms with van der Waals surface area (Å²) in [5.74, 6) is -0.231. The van der Waals surface area contributed by atoms with Crippen molar-refractivity contribution in [1.29, 1.82) is 0 Å². The second-order valence-corrected chi connectivity index (χ2v) is 6.39. The number of carbonyl (C=O) groups excluding carboxylic acids is 1. The number of anilines is 1. The zero-order valence-corrected chi connectivity index (χ0v) is 14.2. The number of benzene rings is 2. The summed E-state index contributed by atoms with van der Waals surface area (Å²) in [6.07, 6.45) is 1.81. The highest BCUT2D eigenvalue weighted by Gasteiger charge is 2.14. The topological polar surface area (TPSA) is 83.8 Å². The van der Waals surface area contributed by atoms with Crippen molar-refractivity contribution in [3.8, 4) is 11.5 Å². The minimum absolute atomic E-state index is 0.0754. The average molecular weight is 368 g/mol. The molecule has 0 bridgehead atoms. The molecule has 1 amide bonds. The monoisotopic (exact) mass is 368 g/mol. The highest BCUT2D eigenvalue weighted by molar-refractivity contribution is 7.99. The number of fused-ring (bicyclic) bond motifs is 1. The predicted molar refractivity (Wildman–Crippen MR) is 97.3 cm³/mol. The van der Waals surface area contributed by atoms with Crippen LogP contribution in [-0.4, -0.2) is 26.8 Å². The third kappa shape index (κ3) is 3.45. The number of nitrogens with one attached hydrogen (secondary N) is 2. The van der Waals surface area contributed by atoms with Crippen molar-refractivity contribution in [2.24, 2.45) is 0 Å². The lowest BCUT2D eigenvalue weighted by atomic mass is 10.2. The van der Waals surface area contributed by atoms with Crippen molar-refractivity contribution < 1.29 is 13.6 Å². The van der Waals surface area contributed by atoms with E-state index in [0.29, 0.717) is 16.8 Å². The molecule has 6 nitrogen and oxygen atoms in total. The summed E-state index contributed by atoms with van der Waals surface area (Å²) in [6, 6.07) is 13.5. The van der Waals surface area contributed by atoms with Crippen molar-refractivity contribution >= 4 is 34.3 Å². The van der Waals surface area contributed by atoms with E-state index in [4.69, 9.17) is 4.42 Å². The predicted octanol–water partition coefficient (Wildman–Crippen LogP) is 4.09. The Morgan fingerprint density at radius 1 is 1.19 bits per heavy atom. The number of carbonyl (C=O) groups is 1. The van der Waals surface area contributed by atoms with Crippen LogP contribution in [0, 0.1) is 5.82 Å². The van der Waals surface area contributed by atoms with E-state index in [1.54, 1.807) is 6.07 Å². The second kappa shape index (κ2) is 7.01. The lowest BCUT2D eigenvalue weighted by molar-refractivity contribution is -0.113. The molecular formula is C18H13FN4O2S. The number of H-pyrrole nitrogens is 1. The van der Waals surface area contributed by atoms with Gasteiger partial charge in [-0.05, 0) is 24.3 Å². The van der Waals surface area contributed by atoms with Crippen LogP contribution < -0.4 is 5.32 Å². The number of thioether (sulfide) groups is 1. The Morgan fingerprint density at radius 3 is 2.96 bits per heavy atom. The summed E-state index contributed by atoms with van der Waals surface area (Å²) in [6.45, 7) is 0. The zero-order valence-electron chi connectivity index (χ0n) is 13.4. The first-order valence-electron chi connectivity index (χ1n) is 7.77. The van der Waals surface area contributed by atoms with Crippen LogP contribution in [0.3, 0.4) is 0 Å². The Kier molecular flexibility index (Phi) is 4.40. The summed E-state index contributed by atoms with van der Waals surface area (Å²) in [5, 5.41) is 11.9. The van der Waals surface area contributed by atoms with Gasteiger partial charge in [-0.2, -0.15) is 0 Å². The van der Waals surface area contributed by atoms with Crippen LogP contribution >= 0.6 is 11.8 Å². The van der Waals surface area contributed by atoms with Gasteiger partial charge in [-0.1, -0.05) is 36.0 Å². The number of nitrogens with zero attached hydrogens (tertiary/aromatic N) is 2. The van der Waals surface area contributed by atoms with Crippen molar-refractivity contribution in [3.05, 3.63) is 60.5 Å². The summed E-state index contributed by atoms with van der Waals surface area (Å²) < 4.78 is 18.8. The van der Waals surface area contributed by atoms with Crippen molar-refractivity contribution in [2.45, 2.75) is 5.22 Å². The highest BCUT2D eigenvalue weighted by atomic mass is 32.2. The number of amides is 1. The number of hydrogen-bond donors (Lipinski definition) is 2. The van der Waals surface area contributed by atoms with Gasteiger partial charge < -0.3 is 14.7 Å². The maximum atomic E-state index is 13.1. The first-order valence-corrected chi connectivity index (χ1v) is 8.76. The minimum Gasteiger partial charge on any atom is -0.411 e. The molecule has 4 rings (SSSR count). The van der Waals surface area contributed by atoms with Crippen LogP contribution in [0.1, 0.15) is 0 Å².